The lowest BCUT2D eigenvalue weighted by molar-refractivity contribution is -0.117. The number of anilines is 2. The number of hydrogen-bond donors (Lipinski definition) is 2. The fourth-order valence-corrected chi connectivity index (χ4v) is 3.44. The topological polar surface area (TPSA) is 75.4 Å². The Kier molecular flexibility index (Phi) is 4.25. The Morgan fingerprint density at radius 2 is 1.79 bits per heavy atom. The Morgan fingerprint density at radius 1 is 1.12 bits per heavy atom. The molecular weight excluding hydrogens is 302 g/mol. The normalized spacial score (nSPS) is 19.5. The summed E-state index contributed by atoms with van der Waals surface area (Å²) in [7, 11) is 0. The molecule has 2 aromatic rings. The third-order valence-electron chi connectivity index (χ3n) is 4.45. The Hall–Kier alpha value is -2.82. The van der Waals surface area contributed by atoms with E-state index in [1.807, 2.05) is 48.2 Å². The van der Waals surface area contributed by atoms with Crippen LogP contribution in [0.2, 0.25) is 0 Å². The number of amides is 2. The quantitative estimate of drug-likeness (QED) is 0.911. The van der Waals surface area contributed by atoms with Gasteiger partial charge in [0.25, 0.3) is 5.91 Å². The van der Waals surface area contributed by atoms with Crippen molar-refractivity contribution in [3.63, 3.8) is 0 Å². The van der Waals surface area contributed by atoms with E-state index in [-0.39, 0.29) is 18.0 Å². The van der Waals surface area contributed by atoms with E-state index >= 15 is 0 Å². The molecule has 1 heterocycles. The van der Waals surface area contributed by atoms with Crippen LogP contribution in [0.25, 0.3) is 0 Å². The lowest BCUT2D eigenvalue weighted by Gasteiger charge is -2.39. The maximum absolute atomic E-state index is 12.0. The molecule has 3 rings (SSSR count). The maximum atomic E-state index is 12.0. The van der Waals surface area contributed by atoms with Crippen LogP contribution in [-0.4, -0.2) is 17.9 Å². The molecule has 5 heteroatoms. The van der Waals surface area contributed by atoms with Crippen molar-refractivity contribution in [3.8, 4) is 0 Å². The molecule has 0 spiro atoms. The number of primary amides is 1. The summed E-state index contributed by atoms with van der Waals surface area (Å²) in [6.07, 6.45) is 0.754. The molecule has 0 radical (unpaired) electrons. The van der Waals surface area contributed by atoms with Crippen molar-refractivity contribution >= 4 is 23.2 Å². The van der Waals surface area contributed by atoms with E-state index in [1.54, 1.807) is 19.1 Å². The van der Waals surface area contributed by atoms with Gasteiger partial charge >= 0.3 is 0 Å². The Balaban J connectivity index is 2.00. The lowest BCUT2D eigenvalue weighted by Crippen LogP contribution is -2.43. The van der Waals surface area contributed by atoms with E-state index in [0.717, 1.165) is 17.7 Å². The highest BCUT2D eigenvalue weighted by molar-refractivity contribution is 5.98. The first kappa shape index (κ1) is 16.1. The molecule has 0 aliphatic carbocycles. The van der Waals surface area contributed by atoms with Crippen molar-refractivity contribution in [1.82, 2.24) is 0 Å². The van der Waals surface area contributed by atoms with Crippen molar-refractivity contribution in [3.05, 3.63) is 59.7 Å². The molecule has 1 aliphatic heterocycles. The van der Waals surface area contributed by atoms with Crippen molar-refractivity contribution < 1.29 is 9.59 Å². The number of carbonyl (C=O) groups excluding carboxylic acids is 2. The van der Waals surface area contributed by atoms with Crippen molar-refractivity contribution in [2.75, 3.05) is 10.2 Å². The van der Waals surface area contributed by atoms with E-state index in [2.05, 4.69) is 5.32 Å². The number of nitrogens with zero attached hydrogens (tertiary/aromatic N) is 1. The van der Waals surface area contributed by atoms with E-state index in [1.165, 1.54) is 0 Å². The molecule has 0 fully saturated rings. The highest BCUT2D eigenvalue weighted by Gasteiger charge is 2.32. The summed E-state index contributed by atoms with van der Waals surface area (Å²) in [6.45, 7) is 3.62. The summed E-state index contributed by atoms with van der Waals surface area (Å²) in [5.74, 6) is -0.424. The van der Waals surface area contributed by atoms with Gasteiger partial charge in [-0.05, 0) is 37.1 Å². The Labute approximate surface area is 141 Å². The molecule has 0 saturated carbocycles. The largest absolute Gasteiger partial charge is 0.377 e. The van der Waals surface area contributed by atoms with Gasteiger partial charge in [-0.2, -0.15) is 0 Å². The van der Waals surface area contributed by atoms with Crippen molar-refractivity contribution in [1.29, 1.82) is 0 Å². The molecule has 0 bridgehead atoms. The summed E-state index contributed by atoms with van der Waals surface area (Å²) >= 11 is 0. The molecule has 1 aliphatic rings. The van der Waals surface area contributed by atoms with E-state index < -0.39 is 5.91 Å². The minimum atomic E-state index is -0.458. The zero-order valence-corrected chi connectivity index (χ0v) is 13.8. The van der Waals surface area contributed by atoms with Gasteiger partial charge in [-0.3, -0.25) is 9.59 Å². The van der Waals surface area contributed by atoms with Crippen LogP contribution in [0.4, 0.5) is 11.4 Å². The average molecular weight is 323 g/mol. The van der Waals surface area contributed by atoms with Crippen LogP contribution in [0.15, 0.2) is 48.5 Å². The van der Waals surface area contributed by atoms with Crippen LogP contribution in [0.5, 0.6) is 0 Å². The first-order valence-electron chi connectivity index (χ1n) is 8.03. The first-order valence-corrected chi connectivity index (χ1v) is 8.03. The minimum absolute atomic E-state index is 0.00676. The highest BCUT2D eigenvalue weighted by atomic mass is 16.2. The number of para-hydroxylation sites is 2. The molecule has 2 atom stereocenters. The number of nitrogens with one attached hydrogen (secondary N) is 1. The van der Waals surface area contributed by atoms with Gasteiger partial charge < -0.3 is 16.0 Å². The van der Waals surface area contributed by atoms with Gasteiger partial charge in [-0.25, -0.2) is 0 Å². The van der Waals surface area contributed by atoms with Crippen LogP contribution >= 0.6 is 0 Å². The molecule has 124 valence electrons. The van der Waals surface area contributed by atoms with Gasteiger partial charge in [0.15, 0.2) is 0 Å². The van der Waals surface area contributed by atoms with Gasteiger partial charge in [0, 0.05) is 24.3 Å². The van der Waals surface area contributed by atoms with Crippen LogP contribution in [0, 0.1) is 0 Å². The molecule has 0 unspecified atom stereocenters. The molecule has 0 aromatic heterocycles. The summed E-state index contributed by atoms with van der Waals surface area (Å²) in [5, 5.41) is 3.44. The molecule has 5 nitrogen and oxygen atoms in total. The number of benzene rings is 2. The molecular formula is C19H21N3O2. The smallest absolute Gasteiger partial charge is 0.250 e. The van der Waals surface area contributed by atoms with E-state index in [4.69, 9.17) is 5.73 Å². The zero-order chi connectivity index (χ0) is 17.3. The highest BCUT2D eigenvalue weighted by Crippen LogP contribution is 2.39. The summed E-state index contributed by atoms with van der Waals surface area (Å²) in [5.41, 5.74) is 8.62. The van der Waals surface area contributed by atoms with Gasteiger partial charge in [-0.15, -0.1) is 0 Å². The van der Waals surface area contributed by atoms with E-state index in [9.17, 15) is 9.59 Å². The maximum Gasteiger partial charge on any atom is 0.250 e. The first-order chi connectivity index (χ1) is 11.5. The molecule has 3 N–H and O–H groups in total. The summed E-state index contributed by atoms with van der Waals surface area (Å²) in [4.78, 5) is 25.5. The molecule has 24 heavy (non-hydrogen) atoms. The minimum Gasteiger partial charge on any atom is -0.377 e. The lowest BCUT2D eigenvalue weighted by atomic mass is 9.91. The Bertz CT molecular complexity index is 788. The van der Waals surface area contributed by atoms with Gasteiger partial charge in [0.2, 0.25) is 5.91 Å². The predicted molar refractivity (Wildman–Crippen MR) is 95.0 cm³/mol. The molecule has 2 amide bonds. The van der Waals surface area contributed by atoms with Crippen LogP contribution in [0.1, 0.15) is 42.2 Å². The van der Waals surface area contributed by atoms with Gasteiger partial charge in [0.1, 0.15) is 0 Å². The van der Waals surface area contributed by atoms with Gasteiger partial charge in [-0.1, -0.05) is 30.3 Å². The number of hydrogen-bond acceptors (Lipinski definition) is 3. The number of carbonyl (C=O) groups is 2. The predicted octanol–water partition coefficient (Wildman–Crippen LogP) is 3.08. The fraction of sp³-hybridized carbons (Fsp3) is 0.263. The molecule has 2 aromatic carbocycles. The third kappa shape index (κ3) is 2.85. The number of fused-ring (bicyclic) bond motifs is 1. The third-order valence-corrected chi connectivity index (χ3v) is 4.45. The van der Waals surface area contributed by atoms with Crippen molar-refractivity contribution in [2.24, 2.45) is 5.73 Å². The van der Waals surface area contributed by atoms with Crippen LogP contribution < -0.4 is 16.0 Å². The van der Waals surface area contributed by atoms with Crippen molar-refractivity contribution in [2.45, 2.75) is 32.4 Å². The Morgan fingerprint density at radius 3 is 2.50 bits per heavy atom. The number of rotatable bonds is 3. The average Bonchev–Trinajstić information content (AvgIpc) is 2.54. The second-order valence-corrected chi connectivity index (χ2v) is 6.14. The second-order valence-electron chi connectivity index (χ2n) is 6.14. The summed E-state index contributed by atoms with van der Waals surface area (Å²) in [6, 6.07) is 15.2. The van der Waals surface area contributed by atoms with Crippen LogP contribution in [-0.2, 0) is 4.79 Å². The zero-order valence-electron chi connectivity index (χ0n) is 13.8. The fourth-order valence-electron chi connectivity index (χ4n) is 3.44. The van der Waals surface area contributed by atoms with E-state index in [0.29, 0.717) is 11.3 Å². The monoisotopic (exact) mass is 323 g/mol. The number of nitrogens with two attached hydrogens (primary N) is 1. The second kappa shape index (κ2) is 6.35. The summed E-state index contributed by atoms with van der Waals surface area (Å²) < 4.78 is 0. The molecule has 0 saturated heterocycles. The standard InChI is InChI=1S/C19H21N3O2/c1-12-11-17(21-16-9-5-3-8-15(16)19(20)24)14-7-4-6-10-18(14)22(12)13(2)23/h3-10,12,17,21H,11H2,1-2H3,(H2,20,24)/t12-,17+/m1/s1. The van der Waals surface area contributed by atoms with Gasteiger partial charge in [0.05, 0.1) is 11.6 Å². The SMILES string of the molecule is CC(=O)N1c2ccccc2[C@@H](Nc2ccccc2C(N)=O)C[C@H]1C. The van der Waals surface area contributed by atoms with Crippen LogP contribution in [0.3, 0.4) is 0 Å².